The van der Waals surface area contributed by atoms with Crippen molar-refractivity contribution in [1.29, 1.82) is 0 Å². The number of likely N-dealkylation sites (N-methyl/N-ethyl adjacent to an activating group) is 1. The molecular weight excluding hydrogens is 472 g/mol. The number of hydrogen-bond acceptors (Lipinski definition) is 7. The molecule has 0 bridgehead atoms. The average Bonchev–Trinajstić information content (AvgIpc) is 2.90. The van der Waals surface area contributed by atoms with Gasteiger partial charge in [0, 0.05) is 18.8 Å². The first-order valence-corrected chi connectivity index (χ1v) is 12.0. The number of methoxy groups -OCH3 is 4. The first-order valence-electron chi connectivity index (χ1n) is 10.5. The summed E-state index contributed by atoms with van der Waals surface area (Å²) in [6.45, 7) is -0.439. The van der Waals surface area contributed by atoms with E-state index in [2.05, 4.69) is 0 Å². The zero-order valence-electron chi connectivity index (χ0n) is 20.2. The normalized spacial score (nSPS) is 10.9. The number of ether oxygens (including phenoxy) is 4. The molecule has 0 aromatic heterocycles. The molecule has 186 valence electrons. The molecule has 1 amide bonds. The Kier molecular flexibility index (Phi) is 8.08. The molecule has 3 aromatic rings. The predicted molar refractivity (Wildman–Crippen MR) is 133 cm³/mol. The van der Waals surface area contributed by atoms with Crippen LogP contribution in [0.1, 0.15) is 0 Å². The number of amides is 1. The van der Waals surface area contributed by atoms with Gasteiger partial charge in [-0.1, -0.05) is 0 Å². The Labute approximate surface area is 205 Å². The topological polar surface area (TPSA) is 94.6 Å². The van der Waals surface area contributed by atoms with E-state index in [4.69, 9.17) is 18.9 Å². The summed E-state index contributed by atoms with van der Waals surface area (Å²) in [6.07, 6.45) is 0. The van der Waals surface area contributed by atoms with Gasteiger partial charge in [0.15, 0.2) is 11.5 Å². The highest BCUT2D eigenvalue weighted by atomic mass is 32.2. The summed E-state index contributed by atoms with van der Waals surface area (Å²) in [5.41, 5.74) is 0.895. The number of anilines is 2. The van der Waals surface area contributed by atoms with E-state index in [1.54, 1.807) is 62.7 Å². The third-order valence-electron chi connectivity index (χ3n) is 5.42. The lowest BCUT2D eigenvalue weighted by Crippen LogP contribution is -2.41. The Hall–Kier alpha value is -3.92. The second-order valence-electron chi connectivity index (χ2n) is 7.38. The number of sulfonamides is 1. The van der Waals surface area contributed by atoms with Crippen molar-refractivity contribution in [2.24, 2.45) is 0 Å². The maximum Gasteiger partial charge on any atom is 0.264 e. The fourth-order valence-corrected chi connectivity index (χ4v) is 4.78. The molecule has 0 radical (unpaired) electrons. The molecule has 0 heterocycles. The van der Waals surface area contributed by atoms with Crippen LogP contribution in [-0.4, -0.2) is 56.4 Å². The highest BCUT2D eigenvalue weighted by Gasteiger charge is 2.29. The molecule has 0 saturated carbocycles. The molecule has 0 aliphatic heterocycles. The molecule has 10 heteroatoms. The molecule has 0 spiro atoms. The molecule has 0 fully saturated rings. The Morgan fingerprint density at radius 1 is 0.714 bits per heavy atom. The van der Waals surface area contributed by atoms with Crippen molar-refractivity contribution < 1.29 is 32.2 Å². The van der Waals surface area contributed by atoms with Crippen LogP contribution in [0.25, 0.3) is 0 Å². The van der Waals surface area contributed by atoms with Crippen LogP contribution in [0.5, 0.6) is 23.0 Å². The first-order chi connectivity index (χ1) is 16.7. The van der Waals surface area contributed by atoms with E-state index >= 15 is 0 Å². The zero-order valence-corrected chi connectivity index (χ0v) is 21.0. The summed E-state index contributed by atoms with van der Waals surface area (Å²) < 4.78 is 49.4. The second-order valence-corrected chi connectivity index (χ2v) is 9.24. The lowest BCUT2D eigenvalue weighted by atomic mass is 10.2. The van der Waals surface area contributed by atoms with E-state index in [0.29, 0.717) is 28.6 Å². The Balaban J connectivity index is 2.00. The van der Waals surface area contributed by atoms with E-state index in [0.717, 1.165) is 4.31 Å². The number of rotatable bonds is 10. The Morgan fingerprint density at radius 2 is 1.23 bits per heavy atom. The van der Waals surface area contributed by atoms with Crippen molar-refractivity contribution in [2.75, 3.05) is 51.2 Å². The van der Waals surface area contributed by atoms with Crippen LogP contribution in [0.15, 0.2) is 71.6 Å². The van der Waals surface area contributed by atoms with E-state index < -0.39 is 22.5 Å². The van der Waals surface area contributed by atoms with Gasteiger partial charge >= 0.3 is 0 Å². The van der Waals surface area contributed by atoms with Crippen LogP contribution < -0.4 is 28.2 Å². The van der Waals surface area contributed by atoms with Crippen LogP contribution >= 0.6 is 0 Å². The third kappa shape index (κ3) is 5.60. The second kappa shape index (κ2) is 11.0. The summed E-state index contributed by atoms with van der Waals surface area (Å²) >= 11 is 0. The van der Waals surface area contributed by atoms with Gasteiger partial charge in [-0.2, -0.15) is 0 Å². The summed E-state index contributed by atoms with van der Waals surface area (Å²) in [5, 5.41) is 0. The highest BCUT2D eigenvalue weighted by Crippen LogP contribution is 2.33. The van der Waals surface area contributed by atoms with Crippen molar-refractivity contribution in [1.82, 2.24) is 0 Å². The van der Waals surface area contributed by atoms with Crippen molar-refractivity contribution in [3.05, 3.63) is 66.7 Å². The van der Waals surface area contributed by atoms with Gasteiger partial charge < -0.3 is 23.8 Å². The van der Waals surface area contributed by atoms with Gasteiger partial charge in [-0.25, -0.2) is 8.42 Å². The molecule has 0 aliphatic rings. The largest absolute Gasteiger partial charge is 0.497 e. The molecule has 0 atom stereocenters. The first kappa shape index (κ1) is 25.7. The van der Waals surface area contributed by atoms with Gasteiger partial charge in [-0.3, -0.25) is 9.10 Å². The number of carbonyl (C=O) groups excluding carboxylic acids is 1. The zero-order chi connectivity index (χ0) is 25.6. The van der Waals surface area contributed by atoms with E-state index in [-0.39, 0.29) is 10.6 Å². The van der Waals surface area contributed by atoms with Gasteiger partial charge in [0.25, 0.3) is 10.0 Å². The molecule has 35 heavy (non-hydrogen) atoms. The Morgan fingerprint density at radius 3 is 1.71 bits per heavy atom. The molecule has 3 aromatic carbocycles. The smallest absolute Gasteiger partial charge is 0.264 e. The monoisotopic (exact) mass is 500 g/mol. The highest BCUT2D eigenvalue weighted by molar-refractivity contribution is 7.92. The molecule has 0 unspecified atom stereocenters. The minimum atomic E-state index is -4.16. The molecule has 0 aliphatic carbocycles. The van der Waals surface area contributed by atoms with Crippen molar-refractivity contribution >= 4 is 27.3 Å². The van der Waals surface area contributed by atoms with E-state index in [1.165, 1.54) is 44.4 Å². The molecule has 0 N–H and O–H groups in total. The van der Waals surface area contributed by atoms with Crippen LogP contribution in [0, 0.1) is 0 Å². The number of carbonyl (C=O) groups is 1. The fourth-order valence-electron chi connectivity index (χ4n) is 3.35. The summed E-state index contributed by atoms with van der Waals surface area (Å²) in [4.78, 5) is 14.6. The maximum absolute atomic E-state index is 13.7. The van der Waals surface area contributed by atoms with Gasteiger partial charge in [-0.15, -0.1) is 0 Å². The molecule has 9 nitrogen and oxygen atoms in total. The maximum atomic E-state index is 13.7. The van der Waals surface area contributed by atoms with Crippen molar-refractivity contribution in [2.45, 2.75) is 4.90 Å². The van der Waals surface area contributed by atoms with Crippen molar-refractivity contribution in [3.8, 4) is 23.0 Å². The minimum Gasteiger partial charge on any atom is -0.497 e. The van der Waals surface area contributed by atoms with Gasteiger partial charge in [-0.05, 0) is 60.7 Å². The minimum absolute atomic E-state index is 0.0501. The molecule has 0 saturated heterocycles. The number of nitrogens with zero attached hydrogens (tertiary/aromatic N) is 2. The fraction of sp³-hybridized carbons (Fsp3) is 0.240. The summed E-state index contributed by atoms with van der Waals surface area (Å²) in [5.74, 6) is 1.40. The van der Waals surface area contributed by atoms with E-state index in [1.807, 2.05) is 0 Å². The van der Waals surface area contributed by atoms with Crippen LogP contribution in [0.3, 0.4) is 0 Å². The molecule has 3 rings (SSSR count). The Bertz CT molecular complexity index is 1260. The van der Waals surface area contributed by atoms with Crippen LogP contribution in [0.2, 0.25) is 0 Å². The van der Waals surface area contributed by atoms with E-state index in [9.17, 15) is 13.2 Å². The van der Waals surface area contributed by atoms with Crippen molar-refractivity contribution in [3.63, 3.8) is 0 Å². The van der Waals surface area contributed by atoms with Crippen LogP contribution in [0.4, 0.5) is 11.4 Å². The standard InChI is InChI=1S/C25H28N2O7S/c1-26(18-6-10-20(31-2)11-7-18)25(28)17-27(19-8-12-21(32-3)13-9-19)35(29,30)22-14-15-23(33-4)24(16-22)34-5/h6-16H,17H2,1-5H3. The van der Waals surface area contributed by atoms with Crippen LogP contribution in [-0.2, 0) is 14.8 Å². The average molecular weight is 501 g/mol. The number of hydrogen-bond donors (Lipinski definition) is 0. The van der Waals surface area contributed by atoms with Gasteiger partial charge in [0.05, 0.1) is 39.0 Å². The van der Waals surface area contributed by atoms with Gasteiger partial charge in [0.2, 0.25) is 5.91 Å². The quantitative estimate of drug-likeness (QED) is 0.420. The third-order valence-corrected chi connectivity index (χ3v) is 7.19. The number of benzene rings is 3. The SMILES string of the molecule is COc1ccc(N(C)C(=O)CN(c2ccc(OC)cc2)S(=O)(=O)c2ccc(OC)c(OC)c2)cc1. The lowest BCUT2D eigenvalue weighted by molar-refractivity contribution is -0.116. The lowest BCUT2D eigenvalue weighted by Gasteiger charge is -2.27. The van der Waals surface area contributed by atoms with Gasteiger partial charge in [0.1, 0.15) is 18.0 Å². The predicted octanol–water partition coefficient (Wildman–Crippen LogP) is 3.58. The summed E-state index contributed by atoms with van der Waals surface area (Å²) in [6, 6.07) is 17.6. The molecular formula is C25H28N2O7S. The summed E-state index contributed by atoms with van der Waals surface area (Å²) in [7, 11) is 3.37.